The Hall–Kier alpha value is -8.41. The van der Waals surface area contributed by atoms with Gasteiger partial charge in [-0.3, -0.25) is 0 Å². The van der Waals surface area contributed by atoms with Crippen molar-refractivity contribution in [3.63, 3.8) is 0 Å². The lowest BCUT2D eigenvalue weighted by Gasteiger charge is -2.13. The third-order valence-corrected chi connectivity index (χ3v) is 12.4. The highest BCUT2D eigenvalue weighted by Crippen LogP contribution is 2.48. The number of para-hydroxylation sites is 3. The molecule has 0 unspecified atom stereocenters. The molecule has 3 heterocycles. The van der Waals surface area contributed by atoms with Crippen LogP contribution in [0.5, 0.6) is 0 Å². The Morgan fingerprint density at radius 3 is 1.48 bits per heavy atom. The van der Waals surface area contributed by atoms with Crippen molar-refractivity contribution in [3.8, 4) is 62.1 Å². The molecule has 10 aromatic carbocycles. The van der Waals surface area contributed by atoms with Gasteiger partial charge in [0.05, 0.1) is 16.6 Å². The van der Waals surface area contributed by atoms with E-state index in [0.29, 0.717) is 17.5 Å². The second-order valence-corrected chi connectivity index (χ2v) is 15.9. The Balaban J connectivity index is 1.05. The Morgan fingerprint density at radius 2 is 0.790 bits per heavy atom. The second kappa shape index (κ2) is 13.6. The number of aromatic nitrogens is 4. The fourth-order valence-corrected chi connectivity index (χ4v) is 9.64. The van der Waals surface area contributed by atoms with Gasteiger partial charge in [0.2, 0.25) is 0 Å². The zero-order valence-electron chi connectivity index (χ0n) is 33.3. The number of furan rings is 1. The van der Waals surface area contributed by atoms with Gasteiger partial charge >= 0.3 is 0 Å². The third kappa shape index (κ3) is 5.18. The summed E-state index contributed by atoms with van der Waals surface area (Å²) in [6.07, 6.45) is 0. The minimum atomic E-state index is 0.552. The van der Waals surface area contributed by atoms with Crippen LogP contribution < -0.4 is 0 Å². The van der Waals surface area contributed by atoms with Gasteiger partial charge < -0.3 is 8.98 Å². The van der Waals surface area contributed by atoms with E-state index < -0.39 is 0 Å². The first-order chi connectivity index (χ1) is 30.8. The van der Waals surface area contributed by atoms with E-state index in [1.165, 1.54) is 37.8 Å². The molecule has 0 saturated carbocycles. The number of nitrogens with zero attached hydrogens (tertiary/aromatic N) is 4. The highest BCUT2D eigenvalue weighted by atomic mass is 16.3. The van der Waals surface area contributed by atoms with Crippen LogP contribution in [0.3, 0.4) is 0 Å². The molecule has 0 spiro atoms. The Morgan fingerprint density at radius 1 is 0.306 bits per heavy atom. The quantitative estimate of drug-likeness (QED) is 0.157. The van der Waals surface area contributed by atoms with Crippen molar-refractivity contribution in [2.24, 2.45) is 0 Å². The van der Waals surface area contributed by atoms with E-state index >= 15 is 0 Å². The summed E-state index contributed by atoms with van der Waals surface area (Å²) in [6, 6.07) is 72.5. The van der Waals surface area contributed by atoms with Gasteiger partial charge in [0.15, 0.2) is 17.5 Å². The van der Waals surface area contributed by atoms with Gasteiger partial charge in [0.25, 0.3) is 0 Å². The molecule has 0 aliphatic heterocycles. The highest BCUT2D eigenvalue weighted by Gasteiger charge is 2.25. The summed E-state index contributed by atoms with van der Waals surface area (Å²) in [7, 11) is 0. The number of fused-ring (bicyclic) bond motifs is 6. The SMILES string of the molecule is c1ccc(-c2ccc(-c3nc(-c4ccccc4)nc(-c4cccc5c4oc4c(-c6ccc7c8ccccc8c8cccc9c8c7c6n9-c6ccccc6)cccc45)n3)cc2)cc1. The summed E-state index contributed by atoms with van der Waals surface area (Å²) >= 11 is 0. The van der Waals surface area contributed by atoms with Gasteiger partial charge in [-0.1, -0.05) is 182 Å². The molecule has 5 nitrogen and oxygen atoms in total. The first-order valence-electron chi connectivity index (χ1n) is 20.9. The molecular weight excluding hydrogens is 757 g/mol. The van der Waals surface area contributed by atoms with Gasteiger partial charge in [0, 0.05) is 49.5 Å². The third-order valence-electron chi connectivity index (χ3n) is 12.4. The Labute approximate surface area is 356 Å². The maximum atomic E-state index is 7.16. The van der Waals surface area contributed by atoms with Crippen LogP contribution in [-0.2, 0) is 0 Å². The van der Waals surface area contributed by atoms with Gasteiger partial charge in [-0.15, -0.1) is 0 Å². The van der Waals surface area contributed by atoms with E-state index in [0.717, 1.165) is 72.1 Å². The summed E-state index contributed by atoms with van der Waals surface area (Å²) in [5.41, 5.74) is 12.1. The van der Waals surface area contributed by atoms with Gasteiger partial charge in [-0.05, 0) is 56.9 Å². The van der Waals surface area contributed by atoms with E-state index in [9.17, 15) is 0 Å². The molecule has 288 valence electrons. The average molecular weight is 791 g/mol. The molecule has 0 radical (unpaired) electrons. The smallest absolute Gasteiger partial charge is 0.167 e. The summed E-state index contributed by atoms with van der Waals surface area (Å²) in [4.78, 5) is 15.3. The zero-order chi connectivity index (χ0) is 40.7. The lowest BCUT2D eigenvalue weighted by molar-refractivity contribution is 0.670. The molecule has 0 amide bonds. The summed E-state index contributed by atoms with van der Waals surface area (Å²) in [6.45, 7) is 0. The van der Waals surface area contributed by atoms with Crippen LogP contribution in [-0.4, -0.2) is 19.5 Å². The number of rotatable bonds is 6. The maximum absolute atomic E-state index is 7.16. The van der Waals surface area contributed by atoms with Gasteiger partial charge in [0.1, 0.15) is 11.2 Å². The normalized spacial score (nSPS) is 11.9. The van der Waals surface area contributed by atoms with Crippen LogP contribution in [0, 0.1) is 0 Å². The summed E-state index contributed by atoms with van der Waals surface area (Å²) in [5.74, 6) is 1.75. The molecule has 0 bridgehead atoms. The zero-order valence-corrected chi connectivity index (χ0v) is 33.3. The van der Waals surface area contributed by atoms with E-state index in [1.54, 1.807) is 0 Å². The molecule has 5 heteroatoms. The molecule has 0 atom stereocenters. The number of hydrogen-bond acceptors (Lipinski definition) is 4. The monoisotopic (exact) mass is 790 g/mol. The van der Waals surface area contributed by atoms with E-state index in [-0.39, 0.29) is 0 Å². The predicted octanol–water partition coefficient (Wildman–Crippen LogP) is 14.9. The van der Waals surface area contributed by atoms with Crippen molar-refractivity contribution < 1.29 is 4.42 Å². The van der Waals surface area contributed by atoms with Gasteiger partial charge in [-0.25, -0.2) is 15.0 Å². The topological polar surface area (TPSA) is 56.7 Å². The average Bonchev–Trinajstić information content (AvgIpc) is 3.92. The van der Waals surface area contributed by atoms with Crippen LogP contribution in [0.4, 0.5) is 0 Å². The van der Waals surface area contributed by atoms with Crippen molar-refractivity contribution in [1.82, 2.24) is 19.5 Å². The molecule has 0 aliphatic carbocycles. The number of benzene rings is 10. The second-order valence-electron chi connectivity index (χ2n) is 15.9. The van der Waals surface area contributed by atoms with Crippen molar-refractivity contribution in [2.75, 3.05) is 0 Å². The maximum Gasteiger partial charge on any atom is 0.167 e. The minimum Gasteiger partial charge on any atom is -0.455 e. The molecule has 3 aromatic heterocycles. The summed E-state index contributed by atoms with van der Waals surface area (Å²) < 4.78 is 9.60. The molecule has 13 rings (SSSR count). The van der Waals surface area contributed by atoms with E-state index in [4.69, 9.17) is 19.4 Å². The van der Waals surface area contributed by atoms with Crippen LogP contribution in [0.2, 0.25) is 0 Å². The predicted molar refractivity (Wildman–Crippen MR) is 255 cm³/mol. The highest BCUT2D eigenvalue weighted by molar-refractivity contribution is 6.36. The standard InChI is InChI=1S/C57H34N4O/c1-4-15-35(16-5-1)36-29-31-38(32-30-36)56-58-55(37-17-6-2-7-18-37)59-57(60-56)48-27-13-26-47-46-25-12-24-45(53(46)62-54(47)48)44-34-33-43-41-22-11-10-21-40(41)42-23-14-28-49-50(42)51(43)52(44)61(49)39-19-8-3-9-20-39/h1-34H. The molecular formula is C57H34N4O. The molecule has 0 fully saturated rings. The Bertz CT molecular complexity index is 3830. The van der Waals surface area contributed by atoms with Crippen molar-refractivity contribution in [2.45, 2.75) is 0 Å². The van der Waals surface area contributed by atoms with Crippen LogP contribution >= 0.6 is 0 Å². The fraction of sp³-hybridized carbons (Fsp3) is 0. The molecule has 62 heavy (non-hydrogen) atoms. The van der Waals surface area contributed by atoms with Crippen molar-refractivity contribution >= 4 is 65.3 Å². The van der Waals surface area contributed by atoms with E-state index in [2.05, 4.69) is 174 Å². The molecule has 0 aliphatic rings. The summed E-state index contributed by atoms with van der Waals surface area (Å²) in [5, 5.41) is 9.58. The first kappa shape index (κ1) is 34.5. The lowest BCUT2D eigenvalue weighted by Crippen LogP contribution is -2.00. The van der Waals surface area contributed by atoms with Crippen LogP contribution in [0.15, 0.2) is 211 Å². The molecule has 0 N–H and O–H groups in total. The van der Waals surface area contributed by atoms with Gasteiger partial charge in [-0.2, -0.15) is 0 Å². The lowest BCUT2D eigenvalue weighted by atomic mass is 9.91. The van der Waals surface area contributed by atoms with Crippen LogP contribution in [0.25, 0.3) is 127 Å². The molecule has 13 aromatic rings. The van der Waals surface area contributed by atoms with E-state index in [1.807, 2.05) is 36.4 Å². The molecule has 0 saturated heterocycles. The number of hydrogen-bond donors (Lipinski definition) is 0. The van der Waals surface area contributed by atoms with Crippen LogP contribution in [0.1, 0.15) is 0 Å². The first-order valence-corrected chi connectivity index (χ1v) is 20.9. The Kier molecular flexibility index (Phi) is 7.54. The fourth-order valence-electron chi connectivity index (χ4n) is 9.64. The largest absolute Gasteiger partial charge is 0.455 e. The van der Waals surface area contributed by atoms with Crippen molar-refractivity contribution in [1.29, 1.82) is 0 Å². The minimum absolute atomic E-state index is 0.552. The van der Waals surface area contributed by atoms with Crippen molar-refractivity contribution in [3.05, 3.63) is 206 Å².